The van der Waals surface area contributed by atoms with E-state index in [1.165, 1.54) is 5.57 Å². The smallest absolute Gasteiger partial charge is 0.338 e. The van der Waals surface area contributed by atoms with Gasteiger partial charge in [0.2, 0.25) is 0 Å². The van der Waals surface area contributed by atoms with Crippen LogP contribution < -0.4 is 0 Å². The van der Waals surface area contributed by atoms with Crippen molar-refractivity contribution in [1.29, 1.82) is 0 Å². The van der Waals surface area contributed by atoms with Crippen molar-refractivity contribution in [2.75, 3.05) is 13.3 Å². The molecule has 29 heavy (non-hydrogen) atoms. The molecule has 0 radical (unpaired) electrons. The molecule has 4 rings (SSSR count). The monoisotopic (exact) mass is 409 g/mol. The largest absolute Gasteiger partial charge is 0.457 e. The summed E-state index contributed by atoms with van der Waals surface area (Å²) in [7, 11) is 1.84. The minimum absolute atomic E-state index is 0.0756. The van der Waals surface area contributed by atoms with Gasteiger partial charge in [-0.2, -0.15) is 11.8 Å². The summed E-state index contributed by atoms with van der Waals surface area (Å²) in [5.41, 5.74) is 4.61. The summed E-state index contributed by atoms with van der Waals surface area (Å²) in [6.07, 6.45) is 7.02. The number of carbonyl (C=O) groups excluding carboxylic acids is 2. The molecule has 0 aromatic heterocycles. The number of hydrogen-bond acceptors (Lipinski definition) is 4. The fraction of sp³-hybridized carbons (Fsp3) is 0.417. The fourth-order valence-electron chi connectivity index (χ4n) is 4.79. The highest BCUT2D eigenvalue weighted by Gasteiger charge is 2.50. The summed E-state index contributed by atoms with van der Waals surface area (Å²) < 4.78 is 6.07. The molecule has 0 bridgehead atoms. The predicted molar refractivity (Wildman–Crippen MR) is 116 cm³/mol. The van der Waals surface area contributed by atoms with Gasteiger partial charge in [0, 0.05) is 29.7 Å². The van der Waals surface area contributed by atoms with Crippen molar-refractivity contribution in [3.63, 3.8) is 0 Å². The molecule has 1 amide bonds. The molecule has 0 spiro atoms. The lowest BCUT2D eigenvalue weighted by Crippen LogP contribution is -2.48. The lowest BCUT2D eigenvalue weighted by atomic mass is 9.60. The van der Waals surface area contributed by atoms with Gasteiger partial charge in [0.25, 0.3) is 5.91 Å². The highest BCUT2D eigenvalue weighted by molar-refractivity contribution is 7.99. The van der Waals surface area contributed by atoms with Crippen LogP contribution in [0.4, 0.5) is 0 Å². The molecule has 0 fully saturated rings. The summed E-state index contributed by atoms with van der Waals surface area (Å²) >= 11 is 1.70. The maximum Gasteiger partial charge on any atom is 0.338 e. The molecule has 1 aromatic rings. The number of esters is 1. The molecule has 0 N–H and O–H groups in total. The van der Waals surface area contributed by atoms with E-state index in [9.17, 15) is 9.59 Å². The second kappa shape index (κ2) is 7.21. The zero-order valence-electron chi connectivity index (χ0n) is 17.6. The van der Waals surface area contributed by atoms with Gasteiger partial charge in [-0.1, -0.05) is 38.1 Å². The van der Waals surface area contributed by atoms with Crippen molar-refractivity contribution in [2.24, 2.45) is 11.3 Å². The standard InChI is InChI=1S/C24H27NO3S/c1-14-18-13-24(3)15(2)21(28-23(27)16-9-7-6-8-10-16)20(29-5)12-17(24)11-19(18)25(4)22(14)26/h6-12,15,20-21H,13H2,1-5H3/t15-,20+,21+,24+/m0/s1. The van der Waals surface area contributed by atoms with E-state index >= 15 is 0 Å². The molecule has 152 valence electrons. The van der Waals surface area contributed by atoms with E-state index in [1.807, 2.05) is 32.2 Å². The zero-order chi connectivity index (χ0) is 20.9. The maximum atomic E-state index is 12.8. The maximum absolute atomic E-state index is 12.8. The summed E-state index contributed by atoms with van der Waals surface area (Å²) in [6, 6.07) is 9.17. The number of likely N-dealkylation sites (N-methyl/N-ethyl adjacent to an activating group) is 1. The van der Waals surface area contributed by atoms with Crippen LogP contribution >= 0.6 is 11.8 Å². The first-order valence-electron chi connectivity index (χ1n) is 9.99. The Bertz CT molecular complexity index is 962. The summed E-state index contributed by atoms with van der Waals surface area (Å²) in [5, 5.41) is 0.0756. The fourth-order valence-corrected chi connectivity index (χ4v) is 5.63. The lowest BCUT2D eigenvalue weighted by Gasteiger charge is -2.49. The number of ether oxygens (including phenoxy) is 1. The Morgan fingerprint density at radius 3 is 2.62 bits per heavy atom. The molecule has 3 aliphatic rings. The normalized spacial score (nSPS) is 31.1. The van der Waals surface area contributed by atoms with E-state index in [0.717, 1.165) is 23.3 Å². The minimum Gasteiger partial charge on any atom is -0.457 e. The van der Waals surface area contributed by atoms with Gasteiger partial charge >= 0.3 is 5.97 Å². The molecular weight excluding hydrogens is 382 g/mol. The average molecular weight is 410 g/mol. The topological polar surface area (TPSA) is 46.6 Å². The van der Waals surface area contributed by atoms with Gasteiger partial charge in [-0.3, -0.25) is 4.79 Å². The number of nitrogens with zero attached hydrogens (tertiary/aromatic N) is 1. The molecule has 0 saturated heterocycles. The second-order valence-corrected chi connectivity index (χ2v) is 9.45. The van der Waals surface area contributed by atoms with Gasteiger partial charge in [-0.15, -0.1) is 0 Å². The first kappa shape index (κ1) is 20.0. The lowest BCUT2D eigenvalue weighted by molar-refractivity contribution is -0.123. The van der Waals surface area contributed by atoms with Crippen molar-refractivity contribution in [3.8, 4) is 0 Å². The van der Waals surface area contributed by atoms with E-state index in [4.69, 9.17) is 4.74 Å². The Morgan fingerprint density at radius 1 is 1.28 bits per heavy atom. The zero-order valence-corrected chi connectivity index (χ0v) is 18.4. The molecule has 5 heteroatoms. The SMILES string of the molecule is CS[C@@H]1C=C2C=C3C(=C(C)C(=O)N3C)C[C@]2(C)[C@@H](C)[C@H]1OC(=O)c1ccccc1. The van der Waals surface area contributed by atoms with Gasteiger partial charge in [-0.25, -0.2) is 4.79 Å². The van der Waals surface area contributed by atoms with E-state index < -0.39 is 0 Å². The number of fused-ring (bicyclic) bond motifs is 2. The number of rotatable bonds is 3. The summed E-state index contributed by atoms with van der Waals surface area (Å²) in [6.45, 7) is 6.33. The molecule has 1 aromatic carbocycles. The van der Waals surface area contributed by atoms with Crippen molar-refractivity contribution >= 4 is 23.6 Å². The van der Waals surface area contributed by atoms with Crippen molar-refractivity contribution in [2.45, 2.75) is 38.5 Å². The van der Waals surface area contributed by atoms with Crippen molar-refractivity contribution in [3.05, 3.63) is 70.5 Å². The van der Waals surface area contributed by atoms with E-state index in [0.29, 0.717) is 5.56 Å². The minimum atomic E-state index is -0.278. The highest BCUT2D eigenvalue weighted by atomic mass is 32.2. The van der Waals surface area contributed by atoms with Gasteiger partial charge < -0.3 is 9.64 Å². The molecule has 1 aliphatic heterocycles. The van der Waals surface area contributed by atoms with E-state index in [1.54, 1.807) is 28.8 Å². The number of amides is 1. The summed E-state index contributed by atoms with van der Waals surface area (Å²) in [4.78, 5) is 27.0. The van der Waals surface area contributed by atoms with Gasteiger partial charge in [0.15, 0.2) is 0 Å². The van der Waals surface area contributed by atoms with E-state index in [2.05, 4.69) is 32.3 Å². The van der Waals surface area contributed by atoms with Crippen LogP contribution in [0.5, 0.6) is 0 Å². The van der Waals surface area contributed by atoms with Gasteiger partial charge in [0.05, 0.1) is 10.8 Å². The number of hydrogen-bond donors (Lipinski definition) is 0. The van der Waals surface area contributed by atoms with E-state index in [-0.39, 0.29) is 34.6 Å². The third-order valence-corrected chi connectivity index (χ3v) is 7.88. The molecule has 2 aliphatic carbocycles. The first-order chi connectivity index (χ1) is 13.8. The second-order valence-electron chi connectivity index (χ2n) is 8.44. The third-order valence-electron chi connectivity index (χ3n) is 6.93. The van der Waals surface area contributed by atoms with Gasteiger partial charge in [0.1, 0.15) is 6.10 Å². The Balaban J connectivity index is 1.71. The average Bonchev–Trinajstić information content (AvgIpc) is 2.93. The van der Waals surface area contributed by atoms with Crippen LogP contribution in [0.1, 0.15) is 37.6 Å². The van der Waals surface area contributed by atoms with Crippen molar-refractivity contribution < 1.29 is 14.3 Å². The third kappa shape index (κ3) is 3.07. The Kier molecular flexibility index (Phi) is 4.97. The number of carbonyl (C=O) groups is 2. The highest BCUT2D eigenvalue weighted by Crippen LogP contribution is 2.55. The van der Waals surface area contributed by atoms with Crippen LogP contribution in [-0.2, 0) is 9.53 Å². The van der Waals surface area contributed by atoms with Crippen LogP contribution in [0.15, 0.2) is 64.9 Å². The summed E-state index contributed by atoms with van der Waals surface area (Å²) in [5.74, 6) is -0.0814. The quantitative estimate of drug-likeness (QED) is 0.685. The van der Waals surface area contributed by atoms with Crippen LogP contribution in [-0.4, -0.2) is 41.4 Å². The van der Waals surface area contributed by atoms with Crippen LogP contribution in [0.25, 0.3) is 0 Å². The molecule has 4 atom stereocenters. The van der Waals surface area contributed by atoms with Crippen LogP contribution in [0.2, 0.25) is 0 Å². The Labute approximate surface area is 176 Å². The molecule has 4 nitrogen and oxygen atoms in total. The number of benzene rings is 1. The Hall–Kier alpha value is -2.27. The number of allylic oxidation sites excluding steroid dienone is 3. The molecule has 0 saturated carbocycles. The molecule has 1 heterocycles. The molecule has 0 unspecified atom stereocenters. The predicted octanol–water partition coefficient (Wildman–Crippen LogP) is 4.60. The Morgan fingerprint density at radius 2 is 1.97 bits per heavy atom. The van der Waals surface area contributed by atoms with Crippen LogP contribution in [0, 0.1) is 11.3 Å². The number of thioether (sulfide) groups is 1. The molecular formula is C24H27NO3S. The first-order valence-corrected chi connectivity index (χ1v) is 11.3. The van der Waals surface area contributed by atoms with Crippen molar-refractivity contribution in [1.82, 2.24) is 4.90 Å². The van der Waals surface area contributed by atoms with Crippen LogP contribution in [0.3, 0.4) is 0 Å². The van der Waals surface area contributed by atoms with Gasteiger partial charge in [-0.05, 0) is 49.0 Å².